The zero-order valence-corrected chi connectivity index (χ0v) is 31.9. The van der Waals surface area contributed by atoms with Crippen LogP contribution in [0.15, 0.2) is 132 Å². The van der Waals surface area contributed by atoms with Crippen molar-refractivity contribution in [2.75, 3.05) is 35.0 Å². The quantitative estimate of drug-likeness (QED) is 0.0819. The van der Waals surface area contributed by atoms with Gasteiger partial charge in [-0.1, -0.05) is 78.5 Å². The van der Waals surface area contributed by atoms with E-state index in [0.29, 0.717) is 26.4 Å². The fraction of sp³-hybridized carbons (Fsp3) is 0.318. The Morgan fingerprint density at radius 2 is 0.833 bits per heavy atom. The second kappa shape index (κ2) is 20.2. The van der Waals surface area contributed by atoms with Crippen molar-refractivity contribution in [1.29, 1.82) is 0 Å². The van der Waals surface area contributed by atoms with E-state index in [2.05, 4.69) is 12.1 Å². The highest BCUT2D eigenvalue weighted by molar-refractivity contribution is 7.99. The average molecular weight is 753 g/mol. The summed E-state index contributed by atoms with van der Waals surface area (Å²) in [5.74, 6) is 3.12. The predicted molar refractivity (Wildman–Crippen MR) is 208 cm³/mol. The van der Waals surface area contributed by atoms with Gasteiger partial charge in [-0.25, -0.2) is 0 Å². The molecule has 0 spiro atoms. The van der Waals surface area contributed by atoms with E-state index in [4.69, 9.17) is 42.6 Å². The molecule has 9 nitrogen and oxygen atoms in total. The Kier molecular flexibility index (Phi) is 14.7. The van der Waals surface area contributed by atoms with E-state index < -0.39 is 29.9 Å². The molecule has 1 fully saturated rings. The molecule has 5 aromatic rings. The number of benzene rings is 5. The van der Waals surface area contributed by atoms with Gasteiger partial charge in [0, 0.05) is 4.90 Å². The third kappa shape index (κ3) is 11.0. The lowest BCUT2D eigenvalue weighted by atomic mass is 9.98. The molecule has 0 N–H and O–H groups in total. The summed E-state index contributed by atoms with van der Waals surface area (Å²) in [7, 11) is 6.62. The van der Waals surface area contributed by atoms with E-state index in [9.17, 15) is 0 Å². The molecular weight excluding hydrogens is 705 g/mol. The topological polar surface area (TPSA) is 83.1 Å². The van der Waals surface area contributed by atoms with Crippen molar-refractivity contribution in [3.8, 4) is 23.0 Å². The minimum atomic E-state index is -0.560. The van der Waals surface area contributed by atoms with E-state index in [1.807, 2.05) is 115 Å². The van der Waals surface area contributed by atoms with Gasteiger partial charge in [0.1, 0.15) is 52.8 Å². The molecule has 5 atom stereocenters. The van der Waals surface area contributed by atoms with Gasteiger partial charge in [0.25, 0.3) is 0 Å². The first kappa shape index (κ1) is 39.2. The average Bonchev–Trinajstić information content (AvgIpc) is 3.23. The highest BCUT2D eigenvalue weighted by Gasteiger charge is 2.49. The number of ether oxygens (including phenoxy) is 9. The third-order valence-corrected chi connectivity index (χ3v) is 10.3. The SMILES string of the molecule is COc1ccc(COC[C@H]2O[C@@H](Sc3ccccc3)[C@H](OCc3ccc(OC)cc3)[C@@H](OCc3ccc(OC)cc3)[C@@H]2OCc2ccc(OC)cc2)cc1. The summed E-state index contributed by atoms with van der Waals surface area (Å²) in [4.78, 5) is 1.05. The molecule has 0 aromatic heterocycles. The smallest absolute Gasteiger partial charge is 0.137 e. The van der Waals surface area contributed by atoms with Crippen molar-refractivity contribution in [3.05, 3.63) is 150 Å². The normalized spacial score (nSPS) is 19.6. The maximum Gasteiger partial charge on any atom is 0.137 e. The van der Waals surface area contributed by atoms with Crippen LogP contribution in [0.4, 0.5) is 0 Å². The Labute approximate surface area is 322 Å². The molecule has 0 unspecified atom stereocenters. The predicted octanol–water partition coefficient (Wildman–Crippen LogP) is 8.51. The zero-order chi connectivity index (χ0) is 37.5. The molecule has 1 aliphatic rings. The summed E-state index contributed by atoms with van der Waals surface area (Å²) in [5, 5.41) is 0. The van der Waals surface area contributed by atoms with Crippen LogP contribution in [0.25, 0.3) is 0 Å². The maximum atomic E-state index is 6.98. The molecule has 10 heteroatoms. The summed E-state index contributed by atoms with van der Waals surface area (Å²) in [6.07, 6.45) is -2.14. The summed E-state index contributed by atoms with van der Waals surface area (Å²) in [6, 6.07) is 41.6. The van der Waals surface area contributed by atoms with E-state index in [1.54, 1.807) is 40.2 Å². The Bertz CT molecular complexity index is 1800. The molecule has 5 aromatic carbocycles. The van der Waals surface area contributed by atoms with Gasteiger partial charge in [0.15, 0.2) is 0 Å². The van der Waals surface area contributed by atoms with Gasteiger partial charge >= 0.3 is 0 Å². The monoisotopic (exact) mass is 752 g/mol. The molecular formula is C44H48O9S. The minimum Gasteiger partial charge on any atom is -0.497 e. The largest absolute Gasteiger partial charge is 0.497 e. The van der Waals surface area contributed by atoms with Gasteiger partial charge in [-0.3, -0.25) is 0 Å². The lowest BCUT2D eigenvalue weighted by Crippen LogP contribution is -2.60. The van der Waals surface area contributed by atoms with Crippen molar-refractivity contribution < 1.29 is 42.6 Å². The highest BCUT2D eigenvalue weighted by atomic mass is 32.2. The number of methoxy groups -OCH3 is 4. The summed E-state index contributed by atoms with van der Waals surface area (Å²) in [6.45, 7) is 1.62. The van der Waals surface area contributed by atoms with Crippen LogP contribution in [0.1, 0.15) is 22.3 Å². The number of thioether (sulfide) groups is 1. The van der Waals surface area contributed by atoms with Crippen LogP contribution >= 0.6 is 11.8 Å². The first-order valence-electron chi connectivity index (χ1n) is 17.9. The van der Waals surface area contributed by atoms with Crippen molar-refractivity contribution in [1.82, 2.24) is 0 Å². The van der Waals surface area contributed by atoms with Gasteiger partial charge in [0.05, 0.1) is 61.5 Å². The summed E-state index contributed by atoms with van der Waals surface area (Å²) >= 11 is 1.60. The first-order chi connectivity index (χ1) is 26.5. The van der Waals surface area contributed by atoms with Crippen LogP contribution < -0.4 is 18.9 Å². The molecule has 0 bridgehead atoms. The van der Waals surface area contributed by atoms with Crippen LogP contribution in [-0.4, -0.2) is 64.9 Å². The Balaban J connectivity index is 1.32. The van der Waals surface area contributed by atoms with E-state index in [-0.39, 0.29) is 6.61 Å². The molecule has 1 heterocycles. The van der Waals surface area contributed by atoms with Crippen LogP contribution in [0.2, 0.25) is 0 Å². The van der Waals surface area contributed by atoms with Crippen LogP contribution in [0.5, 0.6) is 23.0 Å². The summed E-state index contributed by atoms with van der Waals surface area (Å²) < 4.78 is 55.5. The van der Waals surface area contributed by atoms with Gasteiger partial charge in [-0.2, -0.15) is 0 Å². The number of hydrogen-bond acceptors (Lipinski definition) is 10. The van der Waals surface area contributed by atoms with Crippen molar-refractivity contribution >= 4 is 11.8 Å². The highest BCUT2D eigenvalue weighted by Crippen LogP contribution is 2.38. The summed E-state index contributed by atoms with van der Waals surface area (Å²) in [5.41, 5.74) is 3.53. The number of rotatable bonds is 19. The fourth-order valence-corrected chi connectivity index (χ4v) is 7.21. The maximum absolute atomic E-state index is 6.98. The van der Waals surface area contributed by atoms with Crippen molar-refractivity contribution in [2.24, 2.45) is 0 Å². The molecule has 0 radical (unpaired) electrons. The molecule has 0 amide bonds. The molecule has 284 valence electrons. The molecule has 0 saturated carbocycles. The van der Waals surface area contributed by atoms with Crippen LogP contribution in [0.3, 0.4) is 0 Å². The van der Waals surface area contributed by atoms with Gasteiger partial charge in [-0.15, -0.1) is 0 Å². The van der Waals surface area contributed by atoms with Gasteiger partial charge < -0.3 is 42.6 Å². The molecule has 6 rings (SSSR count). The molecule has 0 aliphatic carbocycles. The van der Waals surface area contributed by atoms with Crippen LogP contribution in [0, 0.1) is 0 Å². The van der Waals surface area contributed by atoms with Gasteiger partial charge in [0.2, 0.25) is 0 Å². The molecule has 1 saturated heterocycles. The molecule has 54 heavy (non-hydrogen) atoms. The van der Waals surface area contributed by atoms with E-state index in [1.165, 1.54) is 0 Å². The lowest BCUT2D eigenvalue weighted by molar-refractivity contribution is -0.254. The van der Waals surface area contributed by atoms with Crippen molar-refractivity contribution in [3.63, 3.8) is 0 Å². The molecule has 1 aliphatic heterocycles. The van der Waals surface area contributed by atoms with Crippen LogP contribution in [-0.2, 0) is 50.1 Å². The Hall–Kier alpha value is -4.55. The third-order valence-electron chi connectivity index (χ3n) is 9.10. The lowest BCUT2D eigenvalue weighted by Gasteiger charge is -2.46. The second-order valence-corrected chi connectivity index (χ2v) is 13.9. The van der Waals surface area contributed by atoms with Crippen molar-refractivity contribution in [2.45, 2.75) is 61.2 Å². The second-order valence-electron chi connectivity index (χ2n) is 12.7. The first-order valence-corrected chi connectivity index (χ1v) is 18.7. The zero-order valence-electron chi connectivity index (χ0n) is 31.1. The standard InChI is InChI=1S/C44H48O9S/c1-45-35-18-10-31(11-19-35)26-49-30-40-41(50-27-32-12-20-36(46-2)21-13-32)42(51-28-33-14-22-37(47-3)23-15-33)43(44(53-40)54-39-8-6-5-7-9-39)52-29-34-16-24-38(48-4)25-17-34/h5-25,40-44H,26-30H2,1-4H3/t40-,41-,42+,43-,44+/m1/s1. The Morgan fingerprint density at radius 3 is 1.26 bits per heavy atom. The van der Waals surface area contributed by atoms with Gasteiger partial charge in [-0.05, 0) is 82.9 Å². The Morgan fingerprint density at radius 1 is 0.444 bits per heavy atom. The fourth-order valence-electron chi connectivity index (χ4n) is 6.07. The van der Waals surface area contributed by atoms with E-state index in [0.717, 1.165) is 50.1 Å². The van der Waals surface area contributed by atoms with E-state index >= 15 is 0 Å². The minimum absolute atomic E-state index is 0.263. The number of hydrogen-bond donors (Lipinski definition) is 0.